The molecule has 32 heavy (non-hydrogen) atoms. The Hall–Kier alpha value is -3.03. The molecule has 1 aromatic heterocycles. The minimum Gasteiger partial charge on any atom is -0.497 e. The number of carbonyl (C=O) groups is 1. The third-order valence-electron chi connectivity index (χ3n) is 6.58. The van der Waals surface area contributed by atoms with E-state index in [-0.39, 0.29) is 5.91 Å². The predicted octanol–water partition coefficient (Wildman–Crippen LogP) is 2.44. The van der Waals surface area contributed by atoms with Crippen molar-refractivity contribution in [3.8, 4) is 11.4 Å². The molecule has 1 N–H and O–H groups in total. The molecule has 3 heterocycles. The standard InChI is InChI=1S/C25H31N5O2/c1-27-14-16-29(17-15-27)25(31)23-21-8-3-4-9-22(21)30(19-6-5-7-20(18-19)32-2)24(23)28-12-10-26-11-13-28/h3-9,18,26H,10-17H2,1-2H3. The zero-order valence-corrected chi connectivity index (χ0v) is 18.9. The Bertz CT molecular complexity index is 1110. The second-order valence-corrected chi connectivity index (χ2v) is 8.59. The number of nitrogens with zero attached hydrogens (tertiary/aromatic N) is 4. The Kier molecular flexibility index (Phi) is 5.76. The number of benzene rings is 2. The van der Waals surface area contributed by atoms with E-state index in [0.717, 1.165) is 86.1 Å². The summed E-state index contributed by atoms with van der Waals surface area (Å²) in [5, 5.41) is 4.45. The molecule has 0 bridgehead atoms. The maximum atomic E-state index is 14.0. The summed E-state index contributed by atoms with van der Waals surface area (Å²) in [6, 6.07) is 16.4. The molecule has 0 aliphatic carbocycles. The van der Waals surface area contributed by atoms with E-state index in [0.29, 0.717) is 0 Å². The molecule has 0 spiro atoms. The molecule has 0 atom stereocenters. The summed E-state index contributed by atoms with van der Waals surface area (Å²) < 4.78 is 7.76. The smallest absolute Gasteiger partial charge is 0.258 e. The van der Waals surface area contributed by atoms with Crippen molar-refractivity contribution in [1.29, 1.82) is 0 Å². The van der Waals surface area contributed by atoms with Crippen LogP contribution in [0.5, 0.6) is 5.75 Å². The van der Waals surface area contributed by atoms with Crippen LogP contribution in [-0.4, -0.2) is 86.8 Å². The highest BCUT2D eigenvalue weighted by Gasteiger charge is 2.31. The van der Waals surface area contributed by atoms with E-state index in [1.165, 1.54) is 0 Å². The fourth-order valence-electron chi connectivity index (χ4n) is 4.79. The maximum Gasteiger partial charge on any atom is 0.258 e. The van der Waals surface area contributed by atoms with E-state index in [9.17, 15) is 4.79 Å². The number of ether oxygens (including phenoxy) is 1. The van der Waals surface area contributed by atoms with Crippen LogP contribution in [0.25, 0.3) is 16.6 Å². The van der Waals surface area contributed by atoms with E-state index < -0.39 is 0 Å². The molecule has 1 amide bonds. The highest BCUT2D eigenvalue weighted by molar-refractivity contribution is 6.13. The molecule has 7 nitrogen and oxygen atoms in total. The van der Waals surface area contributed by atoms with E-state index in [1.807, 2.05) is 35.2 Å². The molecular formula is C25H31N5O2. The van der Waals surface area contributed by atoms with Gasteiger partial charge in [-0.1, -0.05) is 24.3 Å². The van der Waals surface area contributed by atoms with Crippen molar-refractivity contribution in [3.05, 3.63) is 54.1 Å². The lowest BCUT2D eigenvalue weighted by atomic mass is 10.1. The summed E-state index contributed by atoms with van der Waals surface area (Å²) >= 11 is 0. The first kappa shape index (κ1) is 20.8. The Labute approximate surface area is 189 Å². The summed E-state index contributed by atoms with van der Waals surface area (Å²) in [5.74, 6) is 1.92. The SMILES string of the molecule is COc1cccc(-n2c(N3CCNCC3)c(C(=O)N3CCN(C)CC3)c3ccccc32)c1. The maximum absolute atomic E-state index is 14.0. The van der Waals surface area contributed by atoms with E-state index in [4.69, 9.17) is 4.74 Å². The molecule has 2 aliphatic heterocycles. The third-order valence-corrected chi connectivity index (χ3v) is 6.58. The lowest BCUT2D eigenvalue weighted by Crippen LogP contribution is -2.48. The van der Waals surface area contributed by atoms with Gasteiger partial charge in [0.1, 0.15) is 11.6 Å². The van der Waals surface area contributed by atoms with Gasteiger partial charge in [0.05, 0.1) is 23.9 Å². The van der Waals surface area contributed by atoms with Gasteiger partial charge in [0.15, 0.2) is 0 Å². The number of nitrogens with one attached hydrogen (secondary N) is 1. The number of amides is 1. The lowest BCUT2D eigenvalue weighted by molar-refractivity contribution is 0.0666. The highest BCUT2D eigenvalue weighted by atomic mass is 16.5. The molecule has 0 saturated carbocycles. The fraction of sp³-hybridized carbons (Fsp3) is 0.400. The van der Waals surface area contributed by atoms with Crippen LogP contribution in [0.2, 0.25) is 0 Å². The van der Waals surface area contributed by atoms with Crippen LogP contribution >= 0.6 is 0 Å². The number of piperazine rings is 2. The fourth-order valence-corrected chi connectivity index (χ4v) is 4.79. The van der Waals surface area contributed by atoms with Crippen molar-refractivity contribution in [1.82, 2.24) is 19.7 Å². The first-order chi connectivity index (χ1) is 15.7. The number of aromatic nitrogens is 1. The van der Waals surface area contributed by atoms with Crippen molar-refractivity contribution in [2.24, 2.45) is 0 Å². The van der Waals surface area contributed by atoms with Gasteiger partial charge in [0.2, 0.25) is 0 Å². The molecule has 2 aliphatic rings. The monoisotopic (exact) mass is 433 g/mol. The zero-order chi connectivity index (χ0) is 22.1. The summed E-state index contributed by atoms with van der Waals surface area (Å²) in [5.41, 5.74) is 2.87. The van der Waals surface area contributed by atoms with Crippen LogP contribution in [-0.2, 0) is 0 Å². The topological polar surface area (TPSA) is 53.0 Å². The minimum atomic E-state index is 0.129. The van der Waals surface area contributed by atoms with Gasteiger partial charge in [-0.15, -0.1) is 0 Å². The van der Waals surface area contributed by atoms with E-state index in [2.05, 4.69) is 44.9 Å². The molecule has 7 heteroatoms. The summed E-state index contributed by atoms with van der Waals surface area (Å²) in [6.45, 7) is 6.87. The second-order valence-electron chi connectivity index (χ2n) is 8.59. The number of para-hydroxylation sites is 1. The molecule has 2 saturated heterocycles. The van der Waals surface area contributed by atoms with Gasteiger partial charge < -0.3 is 24.8 Å². The number of carbonyl (C=O) groups excluding carboxylic acids is 1. The number of likely N-dealkylation sites (N-methyl/N-ethyl adjacent to an activating group) is 1. The number of fused-ring (bicyclic) bond motifs is 1. The number of rotatable bonds is 4. The normalized spacial score (nSPS) is 17.7. The first-order valence-electron chi connectivity index (χ1n) is 11.4. The van der Waals surface area contributed by atoms with Crippen LogP contribution in [0, 0.1) is 0 Å². The molecule has 0 radical (unpaired) electrons. The predicted molar refractivity (Wildman–Crippen MR) is 128 cm³/mol. The third kappa shape index (κ3) is 3.72. The van der Waals surface area contributed by atoms with Crippen LogP contribution in [0.15, 0.2) is 48.5 Å². The molecule has 0 unspecified atom stereocenters. The highest BCUT2D eigenvalue weighted by Crippen LogP contribution is 2.37. The molecular weight excluding hydrogens is 402 g/mol. The molecule has 5 rings (SSSR count). The zero-order valence-electron chi connectivity index (χ0n) is 18.9. The van der Waals surface area contributed by atoms with Crippen molar-refractivity contribution in [3.63, 3.8) is 0 Å². The average molecular weight is 434 g/mol. The Morgan fingerprint density at radius 1 is 0.938 bits per heavy atom. The summed E-state index contributed by atoms with van der Waals surface area (Å²) in [4.78, 5) is 20.6. The van der Waals surface area contributed by atoms with Crippen molar-refractivity contribution in [2.45, 2.75) is 0 Å². The van der Waals surface area contributed by atoms with E-state index >= 15 is 0 Å². The largest absolute Gasteiger partial charge is 0.497 e. The van der Waals surface area contributed by atoms with Gasteiger partial charge in [-0.25, -0.2) is 0 Å². The average Bonchev–Trinajstić information content (AvgIpc) is 3.20. The number of hydrogen-bond donors (Lipinski definition) is 1. The summed E-state index contributed by atoms with van der Waals surface area (Å²) in [6.07, 6.45) is 0. The summed E-state index contributed by atoms with van der Waals surface area (Å²) in [7, 11) is 3.80. The quantitative estimate of drug-likeness (QED) is 0.685. The van der Waals surface area contributed by atoms with Gasteiger partial charge in [0.25, 0.3) is 5.91 Å². The van der Waals surface area contributed by atoms with Crippen molar-refractivity contribution >= 4 is 22.6 Å². The Morgan fingerprint density at radius 3 is 2.44 bits per heavy atom. The van der Waals surface area contributed by atoms with Crippen LogP contribution in [0.1, 0.15) is 10.4 Å². The number of anilines is 1. The molecule has 3 aromatic rings. The Morgan fingerprint density at radius 2 is 1.69 bits per heavy atom. The van der Waals surface area contributed by atoms with Gasteiger partial charge in [-0.3, -0.25) is 9.36 Å². The Balaban J connectivity index is 1.72. The van der Waals surface area contributed by atoms with Crippen molar-refractivity contribution < 1.29 is 9.53 Å². The van der Waals surface area contributed by atoms with Gasteiger partial charge in [0, 0.05) is 63.8 Å². The molecule has 2 aromatic carbocycles. The first-order valence-corrected chi connectivity index (χ1v) is 11.4. The van der Waals surface area contributed by atoms with E-state index in [1.54, 1.807) is 7.11 Å². The van der Waals surface area contributed by atoms with Gasteiger partial charge in [-0.2, -0.15) is 0 Å². The lowest BCUT2D eigenvalue weighted by Gasteiger charge is -2.34. The number of hydrogen-bond acceptors (Lipinski definition) is 5. The van der Waals surface area contributed by atoms with Crippen LogP contribution in [0.3, 0.4) is 0 Å². The van der Waals surface area contributed by atoms with Gasteiger partial charge in [-0.05, 0) is 25.2 Å². The number of methoxy groups -OCH3 is 1. The second kappa shape index (κ2) is 8.84. The molecule has 168 valence electrons. The minimum absolute atomic E-state index is 0.129. The van der Waals surface area contributed by atoms with Gasteiger partial charge >= 0.3 is 0 Å². The van der Waals surface area contributed by atoms with Crippen LogP contribution < -0.4 is 15.0 Å². The van der Waals surface area contributed by atoms with Crippen LogP contribution in [0.4, 0.5) is 5.82 Å². The van der Waals surface area contributed by atoms with Crippen molar-refractivity contribution in [2.75, 3.05) is 71.4 Å². The molecule has 2 fully saturated rings.